The zero-order valence-corrected chi connectivity index (χ0v) is 11.3. The summed E-state index contributed by atoms with van der Waals surface area (Å²) in [6, 6.07) is 10.2. The molecule has 0 amide bonds. The summed E-state index contributed by atoms with van der Waals surface area (Å²) in [7, 11) is 0. The van der Waals surface area contributed by atoms with E-state index < -0.39 is 0 Å². The van der Waals surface area contributed by atoms with Gasteiger partial charge in [-0.05, 0) is 0 Å². The highest BCUT2D eigenvalue weighted by atomic mass is 15.2. The first-order chi connectivity index (χ1) is 9.07. The second-order valence-corrected chi connectivity index (χ2v) is 5.64. The summed E-state index contributed by atoms with van der Waals surface area (Å²) in [6.07, 6.45) is 1.58. The van der Waals surface area contributed by atoms with Crippen molar-refractivity contribution in [2.24, 2.45) is 0 Å². The van der Waals surface area contributed by atoms with E-state index in [-0.39, 0.29) is 5.41 Å². The van der Waals surface area contributed by atoms with E-state index in [1.165, 1.54) is 0 Å². The molecule has 0 bridgehead atoms. The van der Waals surface area contributed by atoms with Crippen LogP contribution in [0.5, 0.6) is 0 Å². The van der Waals surface area contributed by atoms with Crippen molar-refractivity contribution in [2.75, 3.05) is 0 Å². The lowest BCUT2D eigenvalue weighted by molar-refractivity contribution is 0.574. The highest BCUT2D eigenvalue weighted by molar-refractivity contribution is 5.93. The Morgan fingerprint density at radius 2 is 1.74 bits per heavy atom. The fourth-order valence-electron chi connectivity index (χ4n) is 2.24. The van der Waals surface area contributed by atoms with E-state index in [2.05, 4.69) is 53.1 Å². The molecule has 3 rings (SSSR count). The van der Waals surface area contributed by atoms with Crippen molar-refractivity contribution in [3.05, 3.63) is 42.4 Å². The average molecular weight is 252 g/mol. The van der Waals surface area contributed by atoms with Gasteiger partial charge in [0.05, 0.1) is 16.8 Å². The second-order valence-electron chi connectivity index (χ2n) is 5.64. The number of aromatic nitrogens is 4. The van der Waals surface area contributed by atoms with Crippen molar-refractivity contribution >= 4 is 11.0 Å². The molecule has 0 fully saturated rings. The minimum Gasteiger partial charge on any atom is -0.275 e. The van der Waals surface area contributed by atoms with Gasteiger partial charge >= 0.3 is 0 Å². The molecule has 0 radical (unpaired) electrons. The molecule has 96 valence electrons. The van der Waals surface area contributed by atoms with Crippen LogP contribution < -0.4 is 0 Å². The number of benzene rings is 1. The van der Waals surface area contributed by atoms with E-state index >= 15 is 0 Å². The predicted octanol–water partition coefficient (Wildman–Crippen LogP) is 3.32. The standard InChI is InChI=1S/C15H16N4/c1-15(2,3)13-11-12(10-7-5-4-6-8-10)18-19-14(11)17-9-16-13/h4-9H,1-3H3,(H,16,17,18,19). The first-order valence-electron chi connectivity index (χ1n) is 6.32. The summed E-state index contributed by atoms with van der Waals surface area (Å²) < 4.78 is 0. The Morgan fingerprint density at radius 1 is 1.00 bits per heavy atom. The predicted molar refractivity (Wildman–Crippen MR) is 75.8 cm³/mol. The van der Waals surface area contributed by atoms with Crippen LogP contribution in [-0.4, -0.2) is 20.2 Å². The van der Waals surface area contributed by atoms with Crippen LogP contribution in [0.1, 0.15) is 26.5 Å². The average Bonchev–Trinajstić information content (AvgIpc) is 2.82. The highest BCUT2D eigenvalue weighted by Gasteiger charge is 2.23. The van der Waals surface area contributed by atoms with Crippen LogP contribution in [0, 0.1) is 0 Å². The number of rotatable bonds is 1. The second kappa shape index (κ2) is 4.16. The molecule has 4 heteroatoms. The van der Waals surface area contributed by atoms with Gasteiger partial charge in [0.25, 0.3) is 0 Å². The zero-order chi connectivity index (χ0) is 13.5. The Hall–Kier alpha value is -2.23. The topological polar surface area (TPSA) is 54.5 Å². The van der Waals surface area contributed by atoms with Gasteiger partial charge in [0, 0.05) is 11.0 Å². The Kier molecular flexibility index (Phi) is 2.59. The number of H-pyrrole nitrogens is 1. The van der Waals surface area contributed by atoms with E-state index in [1.54, 1.807) is 6.33 Å². The van der Waals surface area contributed by atoms with Crippen LogP contribution in [0.3, 0.4) is 0 Å². The lowest BCUT2D eigenvalue weighted by atomic mass is 9.89. The molecule has 4 nitrogen and oxygen atoms in total. The number of hydrogen-bond acceptors (Lipinski definition) is 3. The lowest BCUT2D eigenvalue weighted by Crippen LogP contribution is -2.14. The van der Waals surface area contributed by atoms with E-state index in [0.29, 0.717) is 0 Å². The number of aromatic amines is 1. The Bertz CT molecular complexity index is 708. The Balaban J connectivity index is 2.33. The fraction of sp³-hybridized carbons (Fsp3) is 0.267. The van der Waals surface area contributed by atoms with Gasteiger partial charge in [-0.15, -0.1) is 0 Å². The summed E-state index contributed by atoms with van der Waals surface area (Å²) in [4.78, 5) is 8.71. The first kappa shape index (κ1) is 11.8. The van der Waals surface area contributed by atoms with Crippen LogP contribution in [0.25, 0.3) is 22.3 Å². The monoisotopic (exact) mass is 252 g/mol. The van der Waals surface area contributed by atoms with Crippen molar-refractivity contribution in [1.29, 1.82) is 0 Å². The molecule has 0 saturated heterocycles. The third kappa shape index (κ3) is 1.99. The quantitative estimate of drug-likeness (QED) is 0.722. The molecule has 2 aromatic heterocycles. The third-order valence-corrected chi connectivity index (χ3v) is 3.12. The number of nitrogens with one attached hydrogen (secondary N) is 1. The van der Waals surface area contributed by atoms with Gasteiger partial charge in [0.1, 0.15) is 6.33 Å². The number of nitrogens with zero attached hydrogens (tertiary/aromatic N) is 3. The molecule has 1 N–H and O–H groups in total. The molecule has 0 aliphatic heterocycles. The lowest BCUT2D eigenvalue weighted by Gasteiger charge is -2.18. The highest BCUT2D eigenvalue weighted by Crippen LogP contribution is 2.32. The fourth-order valence-corrected chi connectivity index (χ4v) is 2.24. The molecule has 0 unspecified atom stereocenters. The van der Waals surface area contributed by atoms with E-state index in [9.17, 15) is 0 Å². The SMILES string of the molecule is CC(C)(C)c1ncnc2n[nH]c(-c3ccccc3)c12. The first-order valence-corrected chi connectivity index (χ1v) is 6.32. The van der Waals surface area contributed by atoms with E-state index in [0.717, 1.165) is 28.0 Å². The number of fused-ring (bicyclic) bond motifs is 1. The van der Waals surface area contributed by atoms with Gasteiger partial charge in [-0.25, -0.2) is 9.97 Å². The largest absolute Gasteiger partial charge is 0.275 e. The van der Waals surface area contributed by atoms with Crippen LogP contribution >= 0.6 is 0 Å². The molecule has 0 atom stereocenters. The van der Waals surface area contributed by atoms with Crippen LogP contribution in [0.2, 0.25) is 0 Å². The van der Waals surface area contributed by atoms with Crippen LogP contribution in [-0.2, 0) is 5.41 Å². The van der Waals surface area contributed by atoms with Crippen LogP contribution in [0.15, 0.2) is 36.7 Å². The maximum Gasteiger partial charge on any atom is 0.184 e. The molecule has 0 aliphatic rings. The minimum absolute atomic E-state index is 0.0470. The zero-order valence-electron chi connectivity index (χ0n) is 11.3. The molecule has 19 heavy (non-hydrogen) atoms. The third-order valence-electron chi connectivity index (χ3n) is 3.12. The molecule has 2 heterocycles. The molecular weight excluding hydrogens is 236 g/mol. The summed E-state index contributed by atoms with van der Waals surface area (Å²) in [5.74, 6) is 0. The molecule has 1 aromatic carbocycles. The van der Waals surface area contributed by atoms with Gasteiger partial charge < -0.3 is 0 Å². The number of hydrogen-bond donors (Lipinski definition) is 1. The van der Waals surface area contributed by atoms with Crippen molar-refractivity contribution < 1.29 is 0 Å². The summed E-state index contributed by atoms with van der Waals surface area (Å²) >= 11 is 0. The van der Waals surface area contributed by atoms with Gasteiger partial charge in [0.2, 0.25) is 0 Å². The van der Waals surface area contributed by atoms with Crippen molar-refractivity contribution in [2.45, 2.75) is 26.2 Å². The van der Waals surface area contributed by atoms with Crippen LogP contribution in [0.4, 0.5) is 0 Å². The molecule has 0 aliphatic carbocycles. The summed E-state index contributed by atoms with van der Waals surface area (Å²) in [5, 5.41) is 8.40. The normalized spacial score (nSPS) is 11.9. The summed E-state index contributed by atoms with van der Waals surface area (Å²) in [5.41, 5.74) is 3.78. The van der Waals surface area contributed by atoms with Crippen molar-refractivity contribution in [1.82, 2.24) is 20.2 Å². The van der Waals surface area contributed by atoms with E-state index in [1.807, 2.05) is 18.2 Å². The van der Waals surface area contributed by atoms with Gasteiger partial charge in [-0.2, -0.15) is 5.10 Å². The molecule has 0 spiro atoms. The maximum atomic E-state index is 4.47. The molecule has 3 aromatic rings. The minimum atomic E-state index is -0.0470. The van der Waals surface area contributed by atoms with Crippen molar-refractivity contribution in [3.8, 4) is 11.3 Å². The van der Waals surface area contributed by atoms with Crippen molar-refractivity contribution in [3.63, 3.8) is 0 Å². The Labute approximate surface area is 111 Å². The summed E-state index contributed by atoms with van der Waals surface area (Å²) in [6.45, 7) is 6.45. The maximum absolute atomic E-state index is 4.47. The molecular formula is C15H16N4. The van der Waals surface area contributed by atoms with Gasteiger partial charge in [-0.1, -0.05) is 51.1 Å². The van der Waals surface area contributed by atoms with E-state index in [4.69, 9.17) is 0 Å². The smallest absolute Gasteiger partial charge is 0.184 e. The molecule has 0 saturated carbocycles. The Morgan fingerprint density at radius 3 is 2.42 bits per heavy atom. The van der Waals surface area contributed by atoms with Gasteiger partial charge in [0.15, 0.2) is 5.65 Å². The van der Waals surface area contributed by atoms with Gasteiger partial charge in [-0.3, -0.25) is 5.10 Å².